The molecule has 2 aromatic carbocycles. The summed E-state index contributed by atoms with van der Waals surface area (Å²) in [5.41, 5.74) is 3.02. The number of rotatable bonds is 6. The van der Waals surface area contributed by atoms with Crippen LogP contribution in [0.1, 0.15) is 22.8 Å². The molecule has 0 fully saturated rings. The van der Waals surface area contributed by atoms with Crippen molar-refractivity contribution in [1.82, 2.24) is 5.43 Å². The molecule has 0 saturated heterocycles. The number of hydrazone groups is 1. The molecule has 2 rings (SSSR count). The normalized spacial score (nSPS) is 10.2. The van der Waals surface area contributed by atoms with Crippen molar-refractivity contribution in [3.8, 4) is 23.0 Å². The summed E-state index contributed by atoms with van der Waals surface area (Å²) in [5, 5.41) is 23.4. The van der Waals surface area contributed by atoms with Crippen molar-refractivity contribution >= 4 is 12.1 Å². The Balaban J connectivity index is 0.00000312. The van der Waals surface area contributed by atoms with Crippen molar-refractivity contribution in [2.24, 2.45) is 5.10 Å². The maximum atomic E-state index is 12.0. The molecule has 0 aliphatic heterocycles. The van der Waals surface area contributed by atoms with Crippen LogP contribution in [-0.2, 0) is 0 Å². The molecule has 0 aliphatic carbocycles. The predicted molar refractivity (Wildman–Crippen MR) is 92.6 cm³/mol. The number of amides is 1. The van der Waals surface area contributed by atoms with Crippen LogP contribution in [0.2, 0.25) is 0 Å². The fourth-order valence-corrected chi connectivity index (χ4v) is 1.96. The van der Waals surface area contributed by atoms with E-state index in [4.69, 9.17) is 9.47 Å². The van der Waals surface area contributed by atoms with E-state index in [1.165, 1.54) is 31.5 Å². The smallest absolute Gasteiger partial charge is 0.271 e. The van der Waals surface area contributed by atoms with Crippen LogP contribution < -0.4 is 14.9 Å². The zero-order chi connectivity index (χ0) is 17.5. The topological polar surface area (TPSA) is 132 Å². The molecule has 0 bridgehead atoms. The van der Waals surface area contributed by atoms with E-state index in [1.807, 2.05) is 6.92 Å². The largest absolute Gasteiger partial charge is 0.504 e. The van der Waals surface area contributed by atoms with Crippen LogP contribution in [0.25, 0.3) is 0 Å². The van der Waals surface area contributed by atoms with Crippen molar-refractivity contribution in [2.75, 3.05) is 13.7 Å². The molecule has 0 unspecified atom stereocenters. The van der Waals surface area contributed by atoms with Crippen LogP contribution in [0.3, 0.4) is 0 Å². The van der Waals surface area contributed by atoms with Crippen molar-refractivity contribution in [3.63, 3.8) is 0 Å². The first-order valence-electron chi connectivity index (χ1n) is 7.22. The molecule has 8 nitrogen and oxygen atoms in total. The van der Waals surface area contributed by atoms with Gasteiger partial charge in [0.25, 0.3) is 5.91 Å². The summed E-state index contributed by atoms with van der Waals surface area (Å²) in [4.78, 5) is 12.0. The maximum absolute atomic E-state index is 12.0. The number of para-hydroxylation sites is 1. The maximum Gasteiger partial charge on any atom is 0.271 e. The second-order valence-corrected chi connectivity index (χ2v) is 4.71. The van der Waals surface area contributed by atoms with Gasteiger partial charge in [-0.25, -0.2) is 5.43 Å². The molecule has 0 atom stereocenters. The standard InChI is InChI=1S/C17H18N2O5.H2O/c1-3-24-14-6-4-5-12(16(14)21)10-18-19-17(22)11-7-8-13(20)15(9-11)23-2;/h4-10,20-21H,3H2,1-2H3,(H,19,22);1H2/b18-10+;. The molecule has 5 N–H and O–H groups in total. The number of nitrogens with zero attached hydrogens (tertiary/aromatic N) is 1. The Kier molecular flexibility index (Phi) is 7.23. The first-order valence-corrected chi connectivity index (χ1v) is 7.22. The lowest BCUT2D eigenvalue weighted by Crippen LogP contribution is -2.17. The second-order valence-electron chi connectivity index (χ2n) is 4.71. The molecular weight excluding hydrogens is 328 g/mol. The quantitative estimate of drug-likeness (QED) is 0.537. The summed E-state index contributed by atoms with van der Waals surface area (Å²) in [7, 11) is 1.39. The lowest BCUT2D eigenvalue weighted by atomic mass is 10.2. The van der Waals surface area contributed by atoms with Crippen molar-refractivity contribution < 1.29 is 30.0 Å². The Bertz CT molecular complexity index is 761. The number of hydrogen-bond acceptors (Lipinski definition) is 6. The Morgan fingerprint density at radius 3 is 2.68 bits per heavy atom. The summed E-state index contributed by atoms with van der Waals surface area (Å²) >= 11 is 0. The van der Waals surface area contributed by atoms with Gasteiger partial charge in [0, 0.05) is 11.1 Å². The van der Waals surface area contributed by atoms with Gasteiger partial charge in [-0.05, 0) is 37.3 Å². The third kappa shape index (κ3) is 4.85. The van der Waals surface area contributed by atoms with E-state index in [0.717, 1.165) is 0 Å². The molecule has 1 amide bonds. The molecular formula is C17H20N2O6. The fourth-order valence-electron chi connectivity index (χ4n) is 1.96. The van der Waals surface area contributed by atoms with Crippen LogP contribution in [0.5, 0.6) is 23.0 Å². The average Bonchev–Trinajstić information content (AvgIpc) is 2.58. The third-order valence-corrected chi connectivity index (χ3v) is 3.14. The first-order chi connectivity index (χ1) is 11.6. The van der Waals surface area contributed by atoms with Gasteiger partial charge < -0.3 is 25.2 Å². The summed E-state index contributed by atoms with van der Waals surface area (Å²) < 4.78 is 10.2. The third-order valence-electron chi connectivity index (χ3n) is 3.14. The van der Waals surface area contributed by atoms with Gasteiger partial charge in [-0.15, -0.1) is 0 Å². The van der Waals surface area contributed by atoms with E-state index in [9.17, 15) is 15.0 Å². The summed E-state index contributed by atoms with van der Waals surface area (Å²) in [5.74, 6) is -0.0615. The summed E-state index contributed by atoms with van der Waals surface area (Å²) in [6, 6.07) is 9.17. The number of carbonyl (C=O) groups excluding carboxylic acids is 1. The van der Waals surface area contributed by atoms with Gasteiger partial charge in [0.1, 0.15) is 0 Å². The average molecular weight is 348 g/mol. The van der Waals surface area contributed by atoms with E-state index < -0.39 is 5.91 Å². The number of phenolic OH excluding ortho intramolecular Hbond substituents is 2. The fraction of sp³-hybridized carbons (Fsp3) is 0.176. The van der Waals surface area contributed by atoms with Gasteiger partial charge in [-0.1, -0.05) is 6.07 Å². The van der Waals surface area contributed by atoms with Crippen molar-refractivity contribution in [1.29, 1.82) is 0 Å². The SMILES string of the molecule is CCOc1cccc(/C=N/NC(=O)c2ccc(O)c(OC)c2)c1O.O. The Morgan fingerprint density at radius 2 is 2.00 bits per heavy atom. The van der Waals surface area contributed by atoms with Crippen LogP contribution in [-0.4, -0.2) is 41.5 Å². The van der Waals surface area contributed by atoms with Gasteiger partial charge in [-0.3, -0.25) is 4.79 Å². The van der Waals surface area contributed by atoms with E-state index in [-0.39, 0.29) is 28.3 Å². The number of benzene rings is 2. The highest BCUT2D eigenvalue weighted by Gasteiger charge is 2.09. The molecule has 25 heavy (non-hydrogen) atoms. The molecule has 134 valence electrons. The minimum atomic E-state index is -0.481. The molecule has 0 heterocycles. The minimum absolute atomic E-state index is 0. The van der Waals surface area contributed by atoms with Gasteiger partial charge in [-0.2, -0.15) is 5.10 Å². The molecule has 8 heteroatoms. The Labute approximate surface area is 144 Å². The molecule has 0 aliphatic rings. The number of ether oxygens (including phenoxy) is 2. The molecule has 2 aromatic rings. The number of nitrogens with one attached hydrogen (secondary N) is 1. The molecule has 0 radical (unpaired) electrons. The van der Waals surface area contributed by atoms with E-state index in [1.54, 1.807) is 18.2 Å². The van der Waals surface area contributed by atoms with Crippen LogP contribution >= 0.6 is 0 Å². The summed E-state index contributed by atoms with van der Waals surface area (Å²) in [6.45, 7) is 2.24. The minimum Gasteiger partial charge on any atom is -0.504 e. The lowest BCUT2D eigenvalue weighted by Gasteiger charge is -2.07. The molecule has 0 spiro atoms. The highest BCUT2D eigenvalue weighted by atomic mass is 16.5. The van der Waals surface area contributed by atoms with Crippen molar-refractivity contribution in [3.05, 3.63) is 47.5 Å². The zero-order valence-corrected chi connectivity index (χ0v) is 13.8. The number of aromatic hydroxyl groups is 2. The highest BCUT2D eigenvalue weighted by Crippen LogP contribution is 2.28. The van der Waals surface area contributed by atoms with E-state index in [2.05, 4.69) is 10.5 Å². The van der Waals surface area contributed by atoms with Crippen LogP contribution in [0.15, 0.2) is 41.5 Å². The zero-order valence-electron chi connectivity index (χ0n) is 13.8. The number of carbonyl (C=O) groups is 1. The van der Waals surface area contributed by atoms with Gasteiger partial charge >= 0.3 is 0 Å². The predicted octanol–water partition coefficient (Wildman–Crippen LogP) is 1.44. The first kappa shape index (κ1) is 19.8. The van der Waals surface area contributed by atoms with Crippen LogP contribution in [0, 0.1) is 0 Å². The lowest BCUT2D eigenvalue weighted by molar-refractivity contribution is 0.0954. The second kappa shape index (κ2) is 9.14. The molecule has 0 saturated carbocycles. The molecule has 0 aromatic heterocycles. The Morgan fingerprint density at radius 1 is 1.24 bits per heavy atom. The van der Waals surface area contributed by atoms with Gasteiger partial charge in [0.15, 0.2) is 23.0 Å². The number of methoxy groups -OCH3 is 1. The number of hydrogen-bond donors (Lipinski definition) is 3. The van der Waals surface area contributed by atoms with Gasteiger partial charge in [0.05, 0.1) is 19.9 Å². The highest BCUT2D eigenvalue weighted by molar-refractivity contribution is 5.95. The van der Waals surface area contributed by atoms with Crippen LogP contribution in [0.4, 0.5) is 0 Å². The van der Waals surface area contributed by atoms with E-state index in [0.29, 0.717) is 17.9 Å². The van der Waals surface area contributed by atoms with E-state index >= 15 is 0 Å². The summed E-state index contributed by atoms with van der Waals surface area (Å²) in [6.07, 6.45) is 1.31. The van der Waals surface area contributed by atoms with Crippen molar-refractivity contribution in [2.45, 2.75) is 6.92 Å². The monoisotopic (exact) mass is 348 g/mol. The van der Waals surface area contributed by atoms with Gasteiger partial charge in [0.2, 0.25) is 0 Å². The Hall–Kier alpha value is -3.26. The number of phenols is 2.